The Balaban J connectivity index is 1.50. The fourth-order valence-electron chi connectivity index (χ4n) is 3.44. The quantitative estimate of drug-likeness (QED) is 0.749. The van der Waals surface area contributed by atoms with Gasteiger partial charge in [0.15, 0.2) is 0 Å². The predicted molar refractivity (Wildman–Crippen MR) is 103 cm³/mol. The summed E-state index contributed by atoms with van der Waals surface area (Å²) < 4.78 is 0. The van der Waals surface area contributed by atoms with E-state index in [9.17, 15) is 0 Å². The Morgan fingerprint density at radius 1 is 1.08 bits per heavy atom. The van der Waals surface area contributed by atoms with E-state index in [1.807, 2.05) is 37.5 Å². The predicted octanol–water partition coefficient (Wildman–Crippen LogP) is 4.26. The summed E-state index contributed by atoms with van der Waals surface area (Å²) in [4.78, 5) is 16.0. The number of aromatic nitrogens is 3. The second-order valence-electron chi connectivity index (χ2n) is 6.77. The maximum atomic E-state index is 4.76. The lowest BCUT2D eigenvalue weighted by atomic mass is 10.1. The summed E-state index contributed by atoms with van der Waals surface area (Å²) in [6.07, 6.45) is 6.00. The van der Waals surface area contributed by atoms with Crippen LogP contribution in [0.2, 0.25) is 0 Å². The second kappa shape index (κ2) is 7.62. The number of rotatable bonds is 5. The molecule has 2 aromatic heterocycles. The molecule has 1 atom stereocenters. The van der Waals surface area contributed by atoms with Crippen LogP contribution in [0, 0.1) is 6.92 Å². The van der Waals surface area contributed by atoms with Crippen molar-refractivity contribution in [2.45, 2.75) is 32.4 Å². The molecule has 0 bridgehead atoms. The second-order valence-corrected chi connectivity index (χ2v) is 6.77. The molecule has 4 rings (SSSR count). The Kier molecular flexibility index (Phi) is 4.88. The van der Waals surface area contributed by atoms with Crippen LogP contribution in [-0.2, 0) is 6.54 Å². The number of likely N-dealkylation sites (tertiary alicyclic amines) is 1. The Bertz CT molecular complexity index is 848. The number of anilines is 2. The Labute approximate surface area is 154 Å². The van der Waals surface area contributed by atoms with E-state index < -0.39 is 0 Å². The highest BCUT2D eigenvalue weighted by Crippen LogP contribution is 2.32. The summed E-state index contributed by atoms with van der Waals surface area (Å²) >= 11 is 0. The zero-order valence-electron chi connectivity index (χ0n) is 15.0. The van der Waals surface area contributed by atoms with Crippen LogP contribution in [0.5, 0.6) is 0 Å². The fourth-order valence-corrected chi connectivity index (χ4v) is 3.44. The lowest BCUT2D eigenvalue weighted by Gasteiger charge is -2.24. The van der Waals surface area contributed by atoms with Crippen molar-refractivity contribution >= 4 is 11.8 Å². The third-order valence-corrected chi connectivity index (χ3v) is 4.76. The Hall–Kier alpha value is -2.79. The van der Waals surface area contributed by atoms with Crippen LogP contribution < -0.4 is 5.32 Å². The molecule has 5 nitrogen and oxygen atoms in total. The van der Waals surface area contributed by atoms with E-state index in [2.05, 4.69) is 50.5 Å². The van der Waals surface area contributed by atoms with Crippen molar-refractivity contribution in [2.24, 2.45) is 0 Å². The van der Waals surface area contributed by atoms with E-state index in [0.29, 0.717) is 12.0 Å². The first-order chi connectivity index (χ1) is 12.8. The number of hydrogen-bond acceptors (Lipinski definition) is 5. The molecule has 3 aromatic rings. The Morgan fingerprint density at radius 2 is 1.96 bits per heavy atom. The zero-order chi connectivity index (χ0) is 17.8. The van der Waals surface area contributed by atoms with Gasteiger partial charge in [-0.25, -0.2) is 15.0 Å². The van der Waals surface area contributed by atoms with Crippen LogP contribution in [0.25, 0.3) is 0 Å². The molecule has 0 saturated carbocycles. The lowest BCUT2D eigenvalue weighted by Crippen LogP contribution is -2.23. The maximum absolute atomic E-state index is 4.76. The van der Waals surface area contributed by atoms with E-state index in [0.717, 1.165) is 36.6 Å². The standard InChI is InChI=1S/C21H23N5/c1-16-9-10-20(23-14-16)25-21-22-12-11-18(24-21)19-8-5-13-26(19)15-17-6-3-2-4-7-17/h2-4,6-7,9-12,14,19H,5,8,13,15H2,1H3,(H,22,23,24,25)/t19-/m1/s1. The molecule has 26 heavy (non-hydrogen) atoms. The molecule has 0 unspecified atom stereocenters. The average molecular weight is 345 g/mol. The van der Waals surface area contributed by atoms with Crippen molar-refractivity contribution in [1.82, 2.24) is 19.9 Å². The first kappa shape index (κ1) is 16.7. The van der Waals surface area contributed by atoms with E-state index in [-0.39, 0.29) is 0 Å². The van der Waals surface area contributed by atoms with Crippen molar-refractivity contribution < 1.29 is 0 Å². The molecule has 1 saturated heterocycles. The number of benzene rings is 1. The van der Waals surface area contributed by atoms with Gasteiger partial charge in [0.1, 0.15) is 5.82 Å². The normalized spacial score (nSPS) is 17.3. The minimum Gasteiger partial charge on any atom is -0.309 e. The molecule has 0 aliphatic carbocycles. The number of hydrogen-bond donors (Lipinski definition) is 1. The molecule has 3 heterocycles. The summed E-state index contributed by atoms with van der Waals surface area (Å²) in [5.41, 5.74) is 3.55. The number of pyridine rings is 1. The molecule has 0 amide bonds. The van der Waals surface area contributed by atoms with Crippen molar-refractivity contribution in [3.8, 4) is 0 Å². The van der Waals surface area contributed by atoms with Gasteiger partial charge < -0.3 is 5.32 Å². The smallest absolute Gasteiger partial charge is 0.228 e. The van der Waals surface area contributed by atoms with Crippen molar-refractivity contribution in [3.63, 3.8) is 0 Å². The highest BCUT2D eigenvalue weighted by molar-refractivity contribution is 5.47. The highest BCUT2D eigenvalue weighted by Gasteiger charge is 2.27. The summed E-state index contributed by atoms with van der Waals surface area (Å²) in [5, 5.41) is 3.21. The van der Waals surface area contributed by atoms with Gasteiger partial charge >= 0.3 is 0 Å². The van der Waals surface area contributed by atoms with Crippen LogP contribution in [0.1, 0.15) is 35.7 Å². The third-order valence-electron chi connectivity index (χ3n) is 4.76. The van der Waals surface area contributed by atoms with Crippen LogP contribution in [0.3, 0.4) is 0 Å². The van der Waals surface area contributed by atoms with Gasteiger partial charge in [0.2, 0.25) is 5.95 Å². The molecule has 0 radical (unpaired) electrons. The maximum Gasteiger partial charge on any atom is 0.228 e. The highest BCUT2D eigenvalue weighted by atomic mass is 15.2. The first-order valence-corrected chi connectivity index (χ1v) is 9.08. The molecule has 5 heteroatoms. The van der Waals surface area contributed by atoms with Crippen LogP contribution in [0.15, 0.2) is 60.9 Å². The minimum absolute atomic E-state index is 0.338. The minimum atomic E-state index is 0.338. The number of aryl methyl sites for hydroxylation is 1. The fraction of sp³-hybridized carbons (Fsp3) is 0.286. The largest absolute Gasteiger partial charge is 0.309 e. The Morgan fingerprint density at radius 3 is 2.77 bits per heavy atom. The van der Waals surface area contributed by atoms with Gasteiger partial charge in [0, 0.05) is 18.9 Å². The molecule has 1 aliphatic heterocycles. The van der Waals surface area contributed by atoms with Gasteiger partial charge in [-0.05, 0) is 49.6 Å². The van der Waals surface area contributed by atoms with E-state index >= 15 is 0 Å². The third kappa shape index (κ3) is 3.89. The molecule has 0 spiro atoms. The van der Waals surface area contributed by atoms with Crippen LogP contribution in [-0.4, -0.2) is 26.4 Å². The molecular weight excluding hydrogens is 322 g/mol. The topological polar surface area (TPSA) is 53.9 Å². The van der Waals surface area contributed by atoms with E-state index in [4.69, 9.17) is 4.98 Å². The average Bonchev–Trinajstić information content (AvgIpc) is 3.13. The molecule has 1 aromatic carbocycles. The molecule has 1 N–H and O–H groups in total. The van der Waals surface area contributed by atoms with Gasteiger partial charge in [-0.2, -0.15) is 0 Å². The first-order valence-electron chi connectivity index (χ1n) is 9.08. The molecule has 1 aliphatic rings. The summed E-state index contributed by atoms with van der Waals surface area (Å²) in [5.74, 6) is 1.37. The molecule has 132 valence electrons. The summed E-state index contributed by atoms with van der Waals surface area (Å²) in [6.45, 7) is 4.08. The van der Waals surface area contributed by atoms with Gasteiger partial charge in [0.05, 0.1) is 11.7 Å². The van der Waals surface area contributed by atoms with Gasteiger partial charge in [-0.3, -0.25) is 4.90 Å². The number of nitrogens with zero attached hydrogens (tertiary/aromatic N) is 4. The SMILES string of the molecule is Cc1ccc(Nc2nccc([C@H]3CCCN3Cc3ccccc3)n2)nc1. The van der Waals surface area contributed by atoms with Gasteiger partial charge in [0.25, 0.3) is 0 Å². The summed E-state index contributed by atoms with van der Waals surface area (Å²) in [7, 11) is 0. The lowest BCUT2D eigenvalue weighted by molar-refractivity contribution is 0.244. The van der Waals surface area contributed by atoms with E-state index in [1.54, 1.807) is 0 Å². The van der Waals surface area contributed by atoms with E-state index in [1.165, 1.54) is 12.0 Å². The molecular formula is C21H23N5. The zero-order valence-corrected chi connectivity index (χ0v) is 15.0. The van der Waals surface area contributed by atoms with Crippen LogP contribution in [0.4, 0.5) is 11.8 Å². The van der Waals surface area contributed by atoms with Crippen LogP contribution >= 0.6 is 0 Å². The summed E-state index contributed by atoms with van der Waals surface area (Å²) in [6, 6.07) is 17.0. The molecule has 1 fully saturated rings. The van der Waals surface area contributed by atoms with Gasteiger partial charge in [-0.1, -0.05) is 36.4 Å². The van der Waals surface area contributed by atoms with Crippen molar-refractivity contribution in [2.75, 3.05) is 11.9 Å². The van der Waals surface area contributed by atoms with Crippen molar-refractivity contribution in [1.29, 1.82) is 0 Å². The van der Waals surface area contributed by atoms with Crippen molar-refractivity contribution in [3.05, 3.63) is 77.7 Å². The number of nitrogens with one attached hydrogen (secondary N) is 1. The van der Waals surface area contributed by atoms with Gasteiger partial charge in [-0.15, -0.1) is 0 Å². The monoisotopic (exact) mass is 345 g/mol.